The van der Waals surface area contributed by atoms with E-state index >= 15 is 0 Å². The number of rotatable bonds is 6. The van der Waals surface area contributed by atoms with Gasteiger partial charge in [-0.05, 0) is 42.8 Å². The molecular weight excluding hydrogens is 411 g/mol. The lowest BCUT2D eigenvalue weighted by atomic mass is 10.1. The zero-order valence-corrected chi connectivity index (χ0v) is 17.2. The molecule has 0 aliphatic carbocycles. The number of nitrogens with one attached hydrogen (secondary N) is 1. The van der Waals surface area contributed by atoms with Gasteiger partial charge in [0.25, 0.3) is 0 Å². The van der Waals surface area contributed by atoms with Gasteiger partial charge in [0.1, 0.15) is 0 Å². The number of nitriles is 1. The van der Waals surface area contributed by atoms with E-state index in [1.807, 2.05) is 54.0 Å². The predicted molar refractivity (Wildman–Crippen MR) is 115 cm³/mol. The molecule has 4 rings (SSSR count). The normalized spacial score (nSPS) is 11.0. The highest BCUT2D eigenvalue weighted by atomic mass is 35.5. The van der Waals surface area contributed by atoms with E-state index in [1.165, 1.54) is 0 Å². The molecule has 0 aliphatic rings. The Morgan fingerprint density at radius 1 is 1.11 bits per heavy atom. The average molecular weight is 427 g/mol. The van der Waals surface area contributed by atoms with Gasteiger partial charge in [-0.2, -0.15) is 5.26 Å². The maximum Gasteiger partial charge on any atom is 0.194 e. The monoisotopic (exact) mass is 426 g/mol. The number of thiazole rings is 1. The molecule has 2 aromatic carbocycles. The molecule has 0 radical (unpaired) electrons. The van der Waals surface area contributed by atoms with Gasteiger partial charge >= 0.3 is 0 Å². The highest BCUT2D eigenvalue weighted by Gasteiger charge is 2.14. The van der Waals surface area contributed by atoms with E-state index in [1.54, 1.807) is 11.3 Å². The molecule has 0 saturated heterocycles. The molecule has 2 aromatic heterocycles. The van der Waals surface area contributed by atoms with Crippen LogP contribution < -0.4 is 5.32 Å². The molecule has 0 atom stereocenters. The first-order valence-electron chi connectivity index (χ1n) is 8.75. The Kier molecular flexibility index (Phi) is 5.65. The summed E-state index contributed by atoms with van der Waals surface area (Å²) in [5.41, 5.74) is 4.85. The van der Waals surface area contributed by atoms with Gasteiger partial charge in [-0.1, -0.05) is 41.4 Å². The van der Waals surface area contributed by atoms with Crippen LogP contribution in [-0.2, 0) is 13.0 Å². The third-order valence-corrected chi connectivity index (χ3v) is 6.01. The maximum atomic E-state index is 9.01. The average Bonchev–Trinajstić information content (AvgIpc) is 3.30. The Bertz CT molecular complexity index is 1160. The van der Waals surface area contributed by atoms with Crippen LogP contribution in [0.15, 0.2) is 54.0 Å². The first-order valence-corrected chi connectivity index (χ1v) is 10.4. The third kappa shape index (κ3) is 3.91. The number of imidazole rings is 1. The lowest BCUT2D eigenvalue weighted by Gasteiger charge is -2.08. The van der Waals surface area contributed by atoms with E-state index in [-0.39, 0.29) is 0 Å². The Morgan fingerprint density at radius 3 is 2.68 bits per heavy atom. The van der Waals surface area contributed by atoms with Crippen LogP contribution in [0.1, 0.15) is 16.8 Å². The van der Waals surface area contributed by atoms with Crippen molar-refractivity contribution in [3.05, 3.63) is 80.9 Å². The van der Waals surface area contributed by atoms with E-state index in [9.17, 15) is 0 Å². The lowest BCUT2D eigenvalue weighted by Crippen LogP contribution is -2.18. The predicted octanol–water partition coefficient (Wildman–Crippen LogP) is 5.57. The summed E-state index contributed by atoms with van der Waals surface area (Å²) < 4.78 is 2.12. The molecule has 0 saturated carbocycles. The van der Waals surface area contributed by atoms with Gasteiger partial charge < -0.3 is 5.32 Å². The van der Waals surface area contributed by atoms with Gasteiger partial charge in [0.05, 0.1) is 33.1 Å². The minimum atomic E-state index is 0.574. The van der Waals surface area contributed by atoms with Crippen LogP contribution in [0, 0.1) is 11.3 Å². The van der Waals surface area contributed by atoms with Gasteiger partial charge in [0.15, 0.2) is 4.96 Å². The summed E-state index contributed by atoms with van der Waals surface area (Å²) in [7, 11) is 0. The van der Waals surface area contributed by atoms with E-state index in [2.05, 4.69) is 15.8 Å². The molecule has 140 valence electrons. The highest BCUT2D eigenvalue weighted by molar-refractivity contribution is 7.15. The van der Waals surface area contributed by atoms with Crippen LogP contribution in [-0.4, -0.2) is 15.9 Å². The van der Waals surface area contributed by atoms with Gasteiger partial charge in [-0.25, -0.2) is 4.98 Å². The van der Waals surface area contributed by atoms with E-state index < -0.39 is 0 Å². The number of hydrogen-bond acceptors (Lipinski definition) is 4. The summed E-state index contributed by atoms with van der Waals surface area (Å²) in [4.78, 5) is 5.74. The van der Waals surface area contributed by atoms with Crippen LogP contribution in [0.5, 0.6) is 0 Å². The standard InChI is InChI=1S/C21H16Cl2N4S/c22-17-6-3-14(11-18(17)23)7-8-25-13-19-20(26-21-27(19)9-10-28-21)16-4-1-15(12-24)2-5-16/h1-6,9-11,25H,7-8,13H2. The van der Waals surface area contributed by atoms with Crippen LogP contribution in [0.4, 0.5) is 0 Å². The van der Waals surface area contributed by atoms with Crippen molar-refractivity contribution in [2.75, 3.05) is 6.54 Å². The summed E-state index contributed by atoms with van der Waals surface area (Å²) in [5.74, 6) is 0. The number of fused-ring (bicyclic) bond motifs is 1. The summed E-state index contributed by atoms with van der Waals surface area (Å²) >= 11 is 13.7. The highest BCUT2D eigenvalue weighted by Crippen LogP contribution is 2.27. The summed E-state index contributed by atoms with van der Waals surface area (Å²) in [6, 6.07) is 15.4. The number of aromatic nitrogens is 2. The summed E-state index contributed by atoms with van der Waals surface area (Å²) in [5, 5.41) is 15.7. The molecule has 7 heteroatoms. The molecule has 4 nitrogen and oxygen atoms in total. The molecule has 28 heavy (non-hydrogen) atoms. The molecule has 2 heterocycles. The zero-order valence-electron chi connectivity index (χ0n) is 14.8. The largest absolute Gasteiger partial charge is 0.311 e. The quantitative estimate of drug-likeness (QED) is 0.409. The van der Waals surface area contributed by atoms with Crippen molar-refractivity contribution in [1.82, 2.24) is 14.7 Å². The van der Waals surface area contributed by atoms with Crippen molar-refractivity contribution < 1.29 is 0 Å². The van der Waals surface area contributed by atoms with Gasteiger partial charge in [-0.3, -0.25) is 4.40 Å². The van der Waals surface area contributed by atoms with Crippen LogP contribution in [0.25, 0.3) is 16.2 Å². The van der Waals surface area contributed by atoms with Crippen molar-refractivity contribution in [3.63, 3.8) is 0 Å². The maximum absolute atomic E-state index is 9.01. The molecule has 0 bridgehead atoms. The topological polar surface area (TPSA) is 53.1 Å². The van der Waals surface area contributed by atoms with E-state index in [0.29, 0.717) is 22.2 Å². The smallest absolute Gasteiger partial charge is 0.194 e. The van der Waals surface area contributed by atoms with Crippen molar-refractivity contribution >= 4 is 39.5 Å². The zero-order chi connectivity index (χ0) is 19.5. The number of halogens is 2. The molecule has 0 amide bonds. The lowest BCUT2D eigenvalue weighted by molar-refractivity contribution is 0.673. The molecule has 1 N–H and O–H groups in total. The van der Waals surface area contributed by atoms with Crippen molar-refractivity contribution in [2.24, 2.45) is 0 Å². The molecule has 0 aliphatic heterocycles. The first kappa shape index (κ1) is 19.0. The Hall–Kier alpha value is -2.36. The molecule has 0 fully saturated rings. The fraction of sp³-hybridized carbons (Fsp3) is 0.143. The van der Waals surface area contributed by atoms with Gasteiger partial charge in [0, 0.05) is 23.7 Å². The Morgan fingerprint density at radius 2 is 1.93 bits per heavy atom. The third-order valence-electron chi connectivity index (χ3n) is 4.52. The second kappa shape index (κ2) is 8.34. The van der Waals surface area contributed by atoms with Gasteiger partial charge in [-0.15, -0.1) is 11.3 Å². The van der Waals surface area contributed by atoms with Crippen molar-refractivity contribution in [3.8, 4) is 17.3 Å². The van der Waals surface area contributed by atoms with E-state index in [4.69, 9.17) is 33.4 Å². The van der Waals surface area contributed by atoms with E-state index in [0.717, 1.165) is 40.4 Å². The minimum absolute atomic E-state index is 0.574. The fourth-order valence-corrected chi connectivity index (χ4v) is 4.12. The fourth-order valence-electron chi connectivity index (χ4n) is 3.07. The second-order valence-electron chi connectivity index (χ2n) is 6.33. The van der Waals surface area contributed by atoms with Crippen LogP contribution in [0.2, 0.25) is 10.0 Å². The first-order chi connectivity index (χ1) is 13.7. The molecular formula is C21H16Cl2N4S. The minimum Gasteiger partial charge on any atom is -0.311 e. The second-order valence-corrected chi connectivity index (χ2v) is 8.01. The van der Waals surface area contributed by atoms with Crippen LogP contribution in [0.3, 0.4) is 0 Å². The molecule has 0 spiro atoms. The molecule has 0 unspecified atom stereocenters. The number of nitrogens with zero attached hydrogens (tertiary/aromatic N) is 3. The molecule has 4 aromatic rings. The summed E-state index contributed by atoms with van der Waals surface area (Å²) in [6.07, 6.45) is 2.89. The SMILES string of the molecule is N#Cc1ccc(-c2nc3sccn3c2CNCCc2ccc(Cl)c(Cl)c2)cc1. The number of benzene rings is 2. The van der Waals surface area contributed by atoms with Gasteiger partial charge in [0.2, 0.25) is 0 Å². The van der Waals surface area contributed by atoms with Crippen LogP contribution >= 0.6 is 34.5 Å². The Balaban J connectivity index is 1.50. The summed E-state index contributed by atoms with van der Waals surface area (Å²) in [6.45, 7) is 1.50. The van der Waals surface area contributed by atoms with Crippen molar-refractivity contribution in [1.29, 1.82) is 5.26 Å². The Labute approximate surface area is 177 Å². The number of hydrogen-bond donors (Lipinski definition) is 1. The van der Waals surface area contributed by atoms with Crippen molar-refractivity contribution in [2.45, 2.75) is 13.0 Å².